The van der Waals surface area contributed by atoms with Gasteiger partial charge in [0.1, 0.15) is 0 Å². The van der Waals surface area contributed by atoms with Crippen molar-refractivity contribution in [2.24, 2.45) is 0 Å². The van der Waals surface area contributed by atoms with Crippen LogP contribution in [0, 0.1) is 6.92 Å². The maximum Gasteiger partial charge on any atom is 0.000568 e. The summed E-state index contributed by atoms with van der Waals surface area (Å²) >= 11 is 0. The van der Waals surface area contributed by atoms with Crippen LogP contribution >= 0.6 is 0 Å². The topological polar surface area (TPSA) is 0 Å². The zero-order valence-corrected chi connectivity index (χ0v) is 10.5. The van der Waals surface area contributed by atoms with Crippen molar-refractivity contribution < 1.29 is 0 Å². The van der Waals surface area contributed by atoms with Gasteiger partial charge >= 0.3 is 0 Å². The summed E-state index contributed by atoms with van der Waals surface area (Å²) in [6, 6.07) is 17.8. The van der Waals surface area contributed by atoms with Crippen molar-refractivity contribution in [2.45, 2.75) is 32.1 Å². The lowest BCUT2D eigenvalue weighted by atomic mass is 9.79. The minimum atomic E-state index is 0.287. The maximum absolute atomic E-state index is 2.39. The van der Waals surface area contributed by atoms with E-state index in [2.05, 4.69) is 62.4 Å². The molecule has 2 aromatic rings. The van der Waals surface area contributed by atoms with E-state index in [-0.39, 0.29) is 5.41 Å². The lowest BCUT2D eigenvalue weighted by Crippen LogP contribution is -2.22. The number of rotatable bonds is 1. The van der Waals surface area contributed by atoms with E-state index in [1.54, 1.807) is 0 Å². The first-order valence-corrected chi connectivity index (χ1v) is 6.31. The summed E-state index contributed by atoms with van der Waals surface area (Å²) in [6.07, 6.45) is 2.35. The monoisotopic (exact) mass is 222 g/mol. The molecule has 0 saturated heterocycles. The first-order chi connectivity index (χ1) is 8.17. The molecular formula is C17H18. The SMILES string of the molecule is Cc1cccc(C2(C)Cc3ccccc3C2)c1. The van der Waals surface area contributed by atoms with Gasteiger partial charge in [0.2, 0.25) is 0 Å². The van der Waals surface area contributed by atoms with Gasteiger partial charge in [-0.05, 0) is 36.5 Å². The molecule has 0 heterocycles. The summed E-state index contributed by atoms with van der Waals surface area (Å²) in [5.74, 6) is 0. The molecule has 0 unspecified atom stereocenters. The standard InChI is InChI=1S/C17H18/c1-13-6-5-9-16(10-13)17(2)11-14-7-3-4-8-15(14)12-17/h3-10H,11-12H2,1-2H3. The Hall–Kier alpha value is -1.56. The fourth-order valence-corrected chi connectivity index (χ4v) is 3.03. The second kappa shape index (κ2) is 3.73. The van der Waals surface area contributed by atoms with E-state index in [0.717, 1.165) is 0 Å². The summed E-state index contributed by atoms with van der Waals surface area (Å²) in [4.78, 5) is 0. The summed E-state index contributed by atoms with van der Waals surface area (Å²) in [5.41, 5.74) is 6.18. The summed E-state index contributed by atoms with van der Waals surface area (Å²) in [6.45, 7) is 4.57. The number of aryl methyl sites for hydroxylation is 1. The van der Waals surface area contributed by atoms with Gasteiger partial charge < -0.3 is 0 Å². The Morgan fingerprint density at radius 2 is 1.53 bits per heavy atom. The van der Waals surface area contributed by atoms with Crippen LogP contribution in [0.25, 0.3) is 0 Å². The zero-order chi connectivity index (χ0) is 11.9. The maximum atomic E-state index is 2.39. The molecule has 0 bridgehead atoms. The molecule has 0 N–H and O–H groups in total. The van der Waals surface area contributed by atoms with Crippen molar-refractivity contribution in [3.63, 3.8) is 0 Å². The Kier molecular flexibility index (Phi) is 2.32. The molecule has 2 aromatic carbocycles. The predicted molar refractivity (Wildman–Crippen MR) is 72.4 cm³/mol. The van der Waals surface area contributed by atoms with E-state index in [1.807, 2.05) is 0 Å². The number of benzene rings is 2. The molecule has 86 valence electrons. The molecule has 0 saturated carbocycles. The normalized spacial score (nSPS) is 16.8. The van der Waals surface area contributed by atoms with Crippen LogP contribution in [0.2, 0.25) is 0 Å². The quantitative estimate of drug-likeness (QED) is 0.683. The van der Waals surface area contributed by atoms with E-state index >= 15 is 0 Å². The molecule has 0 aliphatic heterocycles. The molecule has 0 fully saturated rings. The zero-order valence-electron chi connectivity index (χ0n) is 10.5. The molecule has 0 atom stereocenters. The van der Waals surface area contributed by atoms with Gasteiger partial charge in [-0.3, -0.25) is 0 Å². The molecular weight excluding hydrogens is 204 g/mol. The fraction of sp³-hybridized carbons (Fsp3) is 0.294. The third-order valence-electron chi connectivity index (χ3n) is 3.99. The average Bonchev–Trinajstić information content (AvgIpc) is 2.66. The molecule has 0 heteroatoms. The van der Waals surface area contributed by atoms with Gasteiger partial charge in [0.05, 0.1) is 0 Å². The smallest absolute Gasteiger partial charge is 0.000568 e. The van der Waals surface area contributed by atoms with Crippen molar-refractivity contribution in [3.8, 4) is 0 Å². The Balaban J connectivity index is 2.01. The highest BCUT2D eigenvalue weighted by Gasteiger charge is 2.33. The molecule has 17 heavy (non-hydrogen) atoms. The van der Waals surface area contributed by atoms with Crippen molar-refractivity contribution in [1.82, 2.24) is 0 Å². The van der Waals surface area contributed by atoms with Crippen LogP contribution in [0.5, 0.6) is 0 Å². The summed E-state index contributed by atoms with van der Waals surface area (Å²) in [5, 5.41) is 0. The Morgan fingerprint density at radius 3 is 2.12 bits per heavy atom. The first kappa shape index (κ1) is 10.6. The summed E-state index contributed by atoms with van der Waals surface area (Å²) in [7, 11) is 0. The number of hydrogen-bond acceptors (Lipinski definition) is 0. The van der Waals surface area contributed by atoms with E-state index in [0.29, 0.717) is 0 Å². The van der Waals surface area contributed by atoms with Crippen LogP contribution in [0.1, 0.15) is 29.2 Å². The minimum Gasteiger partial charge on any atom is -0.0620 e. The van der Waals surface area contributed by atoms with Gasteiger partial charge in [0, 0.05) is 5.41 Å². The van der Waals surface area contributed by atoms with Crippen molar-refractivity contribution in [2.75, 3.05) is 0 Å². The van der Waals surface area contributed by atoms with Crippen LogP contribution in [0.4, 0.5) is 0 Å². The third-order valence-corrected chi connectivity index (χ3v) is 3.99. The minimum absolute atomic E-state index is 0.287. The highest BCUT2D eigenvalue weighted by Crippen LogP contribution is 2.39. The van der Waals surface area contributed by atoms with E-state index in [9.17, 15) is 0 Å². The third kappa shape index (κ3) is 1.78. The van der Waals surface area contributed by atoms with Gasteiger partial charge in [-0.2, -0.15) is 0 Å². The highest BCUT2D eigenvalue weighted by atomic mass is 14.4. The van der Waals surface area contributed by atoms with Crippen LogP contribution in [0.3, 0.4) is 0 Å². The lowest BCUT2D eigenvalue weighted by Gasteiger charge is -2.24. The molecule has 0 amide bonds. The average molecular weight is 222 g/mol. The molecule has 1 aliphatic carbocycles. The first-order valence-electron chi connectivity index (χ1n) is 6.31. The summed E-state index contributed by atoms with van der Waals surface area (Å²) < 4.78 is 0. The Bertz CT molecular complexity index is 526. The van der Waals surface area contributed by atoms with Crippen LogP contribution in [-0.4, -0.2) is 0 Å². The van der Waals surface area contributed by atoms with E-state index < -0.39 is 0 Å². The van der Waals surface area contributed by atoms with Gasteiger partial charge in [-0.25, -0.2) is 0 Å². The van der Waals surface area contributed by atoms with E-state index in [1.165, 1.54) is 35.1 Å². The number of fused-ring (bicyclic) bond motifs is 1. The largest absolute Gasteiger partial charge is 0.0620 e. The Morgan fingerprint density at radius 1 is 0.882 bits per heavy atom. The van der Waals surface area contributed by atoms with Gasteiger partial charge in [-0.1, -0.05) is 61.0 Å². The van der Waals surface area contributed by atoms with Crippen molar-refractivity contribution in [3.05, 3.63) is 70.8 Å². The van der Waals surface area contributed by atoms with Gasteiger partial charge in [0.25, 0.3) is 0 Å². The lowest BCUT2D eigenvalue weighted by molar-refractivity contribution is 0.503. The van der Waals surface area contributed by atoms with Crippen molar-refractivity contribution >= 4 is 0 Å². The molecule has 1 aliphatic rings. The molecule has 0 aromatic heterocycles. The highest BCUT2D eigenvalue weighted by molar-refractivity contribution is 5.42. The second-order valence-corrected chi connectivity index (χ2v) is 5.55. The van der Waals surface area contributed by atoms with Gasteiger partial charge in [-0.15, -0.1) is 0 Å². The second-order valence-electron chi connectivity index (χ2n) is 5.55. The van der Waals surface area contributed by atoms with Crippen LogP contribution in [-0.2, 0) is 18.3 Å². The predicted octanol–water partition coefficient (Wildman–Crippen LogP) is 4.05. The fourth-order valence-electron chi connectivity index (χ4n) is 3.03. The molecule has 0 nitrogen and oxygen atoms in total. The molecule has 0 radical (unpaired) electrons. The van der Waals surface area contributed by atoms with Crippen LogP contribution in [0.15, 0.2) is 48.5 Å². The number of hydrogen-bond donors (Lipinski definition) is 0. The Labute approximate surface area is 103 Å². The van der Waals surface area contributed by atoms with E-state index in [4.69, 9.17) is 0 Å². The molecule has 3 rings (SSSR count). The molecule has 0 spiro atoms. The van der Waals surface area contributed by atoms with Crippen molar-refractivity contribution in [1.29, 1.82) is 0 Å². The van der Waals surface area contributed by atoms with Crippen LogP contribution < -0.4 is 0 Å². The van der Waals surface area contributed by atoms with Gasteiger partial charge in [0.15, 0.2) is 0 Å².